The van der Waals surface area contributed by atoms with Crippen molar-refractivity contribution < 1.29 is 9.53 Å². The molecule has 0 atom stereocenters. The molecule has 0 spiro atoms. The molecule has 0 unspecified atom stereocenters. The lowest BCUT2D eigenvalue weighted by Gasteiger charge is -2.05. The van der Waals surface area contributed by atoms with Crippen LogP contribution in [0.3, 0.4) is 0 Å². The zero-order chi connectivity index (χ0) is 16.1. The van der Waals surface area contributed by atoms with Gasteiger partial charge in [0.15, 0.2) is 0 Å². The molecular formula is C15H11BrCl2N2O2. The van der Waals surface area contributed by atoms with E-state index in [2.05, 4.69) is 26.5 Å². The zero-order valence-corrected chi connectivity index (χ0v) is 14.5. The van der Waals surface area contributed by atoms with Gasteiger partial charge in [-0.1, -0.05) is 35.3 Å². The molecule has 2 rings (SSSR count). The van der Waals surface area contributed by atoms with Gasteiger partial charge in [-0.2, -0.15) is 5.10 Å². The summed E-state index contributed by atoms with van der Waals surface area (Å²) in [4.78, 5) is 12.0. The highest BCUT2D eigenvalue weighted by atomic mass is 79.9. The topological polar surface area (TPSA) is 50.7 Å². The van der Waals surface area contributed by atoms with E-state index in [0.717, 1.165) is 0 Å². The van der Waals surface area contributed by atoms with Crippen LogP contribution in [0.25, 0.3) is 0 Å². The minimum atomic E-state index is -0.349. The van der Waals surface area contributed by atoms with Crippen molar-refractivity contribution in [1.82, 2.24) is 5.43 Å². The normalized spacial score (nSPS) is 10.7. The summed E-state index contributed by atoms with van der Waals surface area (Å²) >= 11 is 15.2. The lowest BCUT2D eigenvalue weighted by Crippen LogP contribution is -2.17. The van der Waals surface area contributed by atoms with Crippen LogP contribution in [0, 0.1) is 0 Å². The van der Waals surface area contributed by atoms with Crippen LogP contribution in [0.5, 0.6) is 5.75 Å². The Hall–Kier alpha value is -1.56. The summed E-state index contributed by atoms with van der Waals surface area (Å²) in [5, 5.41) is 4.69. The molecule has 0 bridgehead atoms. The van der Waals surface area contributed by atoms with Gasteiger partial charge in [-0.25, -0.2) is 5.43 Å². The van der Waals surface area contributed by atoms with Crippen molar-refractivity contribution in [2.75, 3.05) is 7.11 Å². The highest BCUT2D eigenvalue weighted by Crippen LogP contribution is 2.26. The van der Waals surface area contributed by atoms with Gasteiger partial charge < -0.3 is 4.74 Å². The zero-order valence-electron chi connectivity index (χ0n) is 11.4. The molecule has 0 heterocycles. The molecule has 2 aromatic carbocycles. The molecule has 0 aliphatic rings. The third-order valence-electron chi connectivity index (χ3n) is 2.77. The van der Waals surface area contributed by atoms with Gasteiger partial charge in [0.2, 0.25) is 0 Å². The molecule has 0 radical (unpaired) electrons. The Morgan fingerprint density at radius 2 is 2.09 bits per heavy atom. The van der Waals surface area contributed by atoms with Crippen molar-refractivity contribution >= 4 is 51.3 Å². The number of amides is 1. The van der Waals surface area contributed by atoms with Gasteiger partial charge in [0.1, 0.15) is 5.75 Å². The molecule has 4 nitrogen and oxygen atoms in total. The summed E-state index contributed by atoms with van der Waals surface area (Å²) in [7, 11) is 1.55. The number of hydrogen-bond acceptors (Lipinski definition) is 3. The van der Waals surface area contributed by atoms with Crippen molar-refractivity contribution in [3.8, 4) is 5.75 Å². The highest BCUT2D eigenvalue weighted by molar-refractivity contribution is 9.10. The molecule has 0 saturated heterocycles. The third-order valence-corrected chi connectivity index (χ3v) is 4.22. The van der Waals surface area contributed by atoms with Crippen molar-refractivity contribution in [2.24, 2.45) is 5.10 Å². The Balaban J connectivity index is 2.08. The molecule has 0 aliphatic carbocycles. The SMILES string of the molecule is COc1ccc(C(=O)NN=Cc2cccc(Cl)c2Cl)cc1Br. The molecule has 114 valence electrons. The Labute approximate surface area is 146 Å². The van der Waals surface area contributed by atoms with Crippen LogP contribution >= 0.6 is 39.1 Å². The van der Waals surface area contributed by atoms with E-state index in [-0.39, 0.29) is 5.91 Å². The van der Waals surface area contributed by atoms with E-state index in [1.165, 1.54) is 6.21 Å². The third kappa shape index (κ3) is 4.00. The van der Waals surface area contributed by atoms with Gasteiger partial charge in [-0.3, -0.25) is 4.79 Å². The molecular weight excluding hydrogens is 391 g/mol. The van der Waals surface area contributed by atoms with Crippen molar-refractivity contribution in [1.29, 1.82) is 0 Å². The van der Waals surface area contributed by atoms with Crippen LogP contribution in [0.4, 0.5) is 0 Å². The number of benzene rings is 2. The maximum Gasteiger partial charge on any atom is 0.271 e. The Bertz CT molecular complexity index is 735. The summed E-state index contributed by atoms with van der Waals surface area (Å²) in [6.45, 7) is 0. The maximum absolute atomic E-state index is 12.0. The van der Waals surface area contributed by atoms with Crippen LogP contribution in [-0.2, 0) is 0 Å². The number of halogens is 3. The van der Waals surface area contributed by atoms with Crippen LogP contribution in [0.15, 0.2) is 46.0 Å². The predicted octanol–water partition coefficient (Wildman–Crippen LogP) is 4.53. The summed E-state index contributed by atoms with van der Waals surface area (Å²) in [6, 6.07) is 10.1. The molecule has 1 amide bonds. The van der Waals surface area contributed by atoms with E-state index in [4.69, 9.17) is 27.9 Å². The number of methoxy groups -OCH3 is 1. The second-order valence-electron chi connectivity index (χ2n) is 4.19. The Morgan fingerprint density at radius 1 is 1.32 bits per heavy atom. The van der Waals surface area contributed by atoms with Gasteiger partial charge in [-0.05, 0) is 40.2 Å². The summed E-state index contributed by atoms with van der Waals surface area (Å²) < 4.78 is 5.79. The van der Waals surface area contributed by atoms with Gasteiger partial charge in [0.05, 0.1) is 27.8 Å². The van der Waals surface area contributed by atoms with Crippen LogP contribution in [-0.4, -0.2) is 19.2 Å². The fourth-order valence-corrected chi connectivity index (χ4v) is 2.55. The van der Waals surface area contributed by atoms with Crippen LogP contribution in [0.1, 0.15) is 15.9 Å². The first-order chi connectivity index (χ1) is 10.5. The fourth-order valence-electron chi connectivity index (χ4n) is 1.65. The standard InChI is InChI=1S/C15H11BrCl2N2O2/c1-22-13-6-5-9(7-11(13)16)15(21)20-19-8-10-3-2-4-12(17)14(10)18/h2-8H,1H3,(H,20,21). The van der Waals surface area contributed by atoms with E-state index in [1.807, 2.05) is 0 Å². The van der Waals surface area contributed by atoms with Crippen molar-refractivity contribution in [3.63, 3.8) is 0 Å². The number of carbonyl (C=O) groups excluding carboxylic acids is 1. The summed E-state index contributed by atoms with van der Waals surface area (Å²) in [6.07, 6.45) is 1.44. The largest absolute Gasteiger partial charge is 0.496 e. The number of hydrogen-bond donors (Lipinski definition) is 1. The number of nitrogens with one attached hydrogen (secondary N) is 1. The first-order valence-corrected chi connectivity index (χ1v) is 7.68. The molecule has 22 heavy (non-hydrogen) atoms. The van der Waals surface area contributed by atoms with E-state index in [0.29, 0.717) is 31.4 Å². The Morgan fingerprint density at radius 3 is 2.77 bits per heavy atom. The number of ether oxygens (including phenoxy) is 1. The minimum Gasteiger partial charge on any atom is -0.496 e. The average Bonchev–Trinajstić information content (AvgIpc) is 2.51. The average molecular weight is 402 g/mol. The second-order valence-corrected chi connectivity index (χ2v) is 5.83. The molecule has 1 N–H and O–H groups in total. The predicted molar refractivity (Wildman–Crippen MR) is 92.2 cm³/mol. The first kappa shape index (κ1) is 16.8. The number of nitrogens with zero attached hydrogens (tertiary/aromatic N) is 1. The van der Waals surface area contributed by atoms with Gasteiger partial charge in [-0.15, -0.1) is 0 Å². The molecule has 7 heteroatoms. The molecule has 0 saturated carbocycles. The molecule has 0 aliphatic heterocycles. The van der Waals surface area contributed by atoms with Crippen molar-refractivity contribution in [2.45, 2.75) is 0 Å². The van der Waals surface area contributed by atoms with E-state index in [9.17, 15) is 4.79 Å². The lowest BCUT2D eigenvalue weighted by molar-refractivity contribution is 0.0955. The first-order valence-electron chi connectivity index (χ1n) is 6.14. The van der Waals surface area contributed by atoms with E-state index < -0.39 is 0 Å². The van der Waals surface area contributed by atoms with Gasteiger partial charge >= 0.3 is 0 Å². The molecule has 0 fully saturated rings. The number of hydrazone groups is 1. The maximum atomic E-state index is 12.0. The number of rotatable bonds is 4. The quantitative estimate of drug-likeness (QED) is 0.604. The number of carbonyl (C=O) groups is 1. The lowest BCUT2D eigenvalue weighted by atomic mass is 10.2. The summed E-state index contributed by atoms with van der Waals surface area (Å²) in [5.41, 5.74) is 3.49. The van der Waals surface area contributed by atoms with Gasteiger partial charge in [0.25, 0.3) is 5.91 Å². The second kappa shape index (κ2) is 7.63. The van der Waals surface area contributed by atoms with E-state index >= 15 is 0 Å². The minimum absolute atomic E-state index is 0.349. The van der Waals surface area contributed by atoms with Crippen LogP contribution < -0.4 is 10.2 Å². The fraction of sp³-hybridized carbons (Fsp3) is 0.0667. The Kier molecular flexibility index (Phi) is 5.83. The molecule has 2 aromatic rings. The summed E-state index contributed by atoms with van der Waals surface area (Å²) in [5.74, 6) is 0.295. The van der Waals surface area contributed by atoms with Gasteiger partial charge in [0, 0.05) is 11.1 Å². The highest BCUT2D eigenvalue weighted by Gasteiger charge is 2.08. The van der Waals surface area contributed by atoms with Crippen LogP contribution in [0.2, 0.25) is 10.0 Å². The molecule has 0 aromatic heterocycles. The van der Waals surface area contributed by atoms with E-state index in [1.54, 1.807) is 43.5 Å². The van der Waals surface area contributed by atoms with Crippen molar-refractivity contribution in [3.05, 3.63) is 62.0 Å². The monoisotopic (exact) mass is 400 g/mol. The smallest absolute Gasteiger partial charge is 0.271 e.